The number of amides is 1. The van der Waals surface area contributed by atoms with Gasteiger partial charge in [-0.3, -0.25) is 4.79 Å². The van der Waals surface area contributed by atoms with Crippen LogP contribution in [0.5, 0.6) is 0 Å². The van der Waals surface area contributed by atoms with Crippen molar-refractivity contribution in [1.29, 1.82) is 0 Å². The van der Waals surface area contributed by atoms with Gasteiger partial charge in [0, 0.05) is 37.3 Å². The van der Waals surface area contributed by atoms with E-state index in [1.54, 1.807) is 6.07 Å². The fraction of sp³-hybridized carbons (Fsp3) is 0.312. The Morgan fingerprint density at radius 3 is 2.55 bits per heavy atom. The van der Waals surface area contributed by atoms with E-state index >= 15 is 0 Å². The number of piperazine rings is 1. The van der Waals surface area contributed by atoms with E-state index < -0.39 is 0 Å². The highest BCUT2D eigenvalue weighted by Gasteiger charge is 2.20. The highest BCUT2D eigenvalue weighted by molar-refractivity contribution is 5.95. The molecular formula is C16H19N5O. The first-order valence-corrected chi connectivity index (χ1v) is 7.31. The third-order valence-electron chi connectivity index (χ3n) is 3.88. The van der Waals surface area contributed by atoms with E-state index in [2.05, 4.69) is 22.1 Å². The minimum Gasteiger partial charge on any atom is -0.382 e. The molecule has 22 heavy (non-hydrogen) atoms. The number of benzene rings is 1. The molecule has 0 spiro atoms. The molecule has 2 heterocycles. The molecule has 1 fully saturated rings. The van der Waals surface area contributed by atoms with Crippen LogP contribution in [0.4, 0.5) is 5.82 Å². The molecule has 1 aromatic carbocycles. The van der Waals surface area contributed by atoms with E-state index in [0.717, 1.165) is 31.7 Å². The van der Waals surface area contributed by atoms with Crippen molar-refractivity contribution in [3.8, 4) is 11.3 Å². The van der Waals surface area contributed by atoms with Crippen LogP contribution in [0.15, 0.2) is 36.4 Å². The van der Waals surface area contributed by atoms with Crippen LogP contribution in [0.3, 0.4) is 0 Å². The molecule has 1 amide bonds. The molecule has 0 aliphatic carbocycles. The standard InChI is InChI=1S/C16H19N5O/c1-20-7-9-21(10-8-20)16(22)13-4-2-3-12(11-13)14-5-6-15(17)19-18-14/h2-6,11H,7-10H2,1H3,(H2,17,19). The van der Waals surface area contributed by atoms with Crippen LogP contribution >= 0.6 is 0 Å². The van der Waals surface area contributed by atoms with Gasteiger partial charge >= 0.3 is 0 Å². The van der Waals surface area contributed by atoms with Gasteiger partial charge in [0.1, 0.15) is 5.82 Å². The third kappa shape index (κ3) is 3.07. The van der Waals surface area contributed by atoms with Crippen LogP contribution in [0.2, 0.25) is 0 Å². The van der Waals surface area contributed by atoms with E-state index in [1.165, 1.54) is 0 Å². The summed E-state index contributed by atoms with van der Waals surface area (Å²) in [7, 11) is 2.07. The van der Waals surface area contributed by atoms with Gasteiger partial charge in [0.15, 0.2) is 0 Å². The van der Waals surface area contributed by atoms with Crippen molar-refractivity contribution in [2.45, 2.75) is 0 Å². The summed E-state index contributed by atoms with van der Waals surface area (Å²) in [4.78, 5) is 16.7. The van der Waals surface area contributed by atoms with Crippen LogP contribution in [0.1, 0.15) is 10.4 Å². The quantitative estimate of drug-likeness (QED) is 0.899. The van der Waals surface area contributed by atoms with Crippen molar-refractivity contribution in [3.63, 3.8) is 0 Å². The van der Waals surface area contributed by atoms with Crippen LogP contribution in [0, 0.1) is 0 Å². The Morgan fingerprint density at radius 1 is 1.09 bits per heavy atom. The SMILES string of the molecule is CN1CCN(C(=O)c2cccc(-c3ccc(N)nn3)c2)CC1. The first-order chi connectivity index (χ1) is 10.6. The third-order valence-corrected chi connectivity index (χ3v) is 3.88. The van der Waals surface area contributed by atoms with Crippen LogP contribution in [-0.2, 0) is 0 Å². The number of hydrogen-bond donors (Lipinski definition) is 1. The van der Waals surface area contributed by atoms with E-state index in [4.69, 9.17) is 5.73 Å². The topological polar surface area (TPSA) is 75.3 Å². The number of rotatable bonds is 2. The van der Waals surface area contributed by atoms with Gasteiger partial charge in [-0.05, 0) is 31.3 Å². The summed E-state index contributed by atoms with van der Waals surface area (Å²) >= 11 is 0. The molecular weight excluding hydrogens is 278 g/mol. The van der Waals surface area contributed by atoms with Gasteiger partial charge < -0.3 is 15.5 Å². The number of carbonyl (C=O) groups is 1. The summed E-state index contributed by atoms with van der Waals surface area (Å²) in [6.07, 6.45) is 0. The van der Waals surface area contributed by atoms with E-state index in [9.17, 15) is 4.79 Å². The maximum absolute atomic E-state index is 12.6. The number of nitrogen functional groups attached to an aromatic ring is 1. The molecule has 0 saturated carbocycles. The van der Waals surface area contributed by atoms with Gasteiger partial charge in [-0.25, -0.2) is 0 Å². The van der Waals surface area contributed by atoms with Gasteiger partial charge in [-0.1, -0.05) is 12.1 Å². The molecule has 2 N–H and O–H groups in total. The second-order valence-electron chi connectivity index (χ2n) is 5.52. The molecule has 1 aliphatic heterocycles. The molecule has 0 radical (unpaired) electrons. The first-order valence-electron chi connectivity index (χ1n) is 7.31. The van der Waals surface area contributed by atoms with Crippen LogP contribution in [-0.4, -0.2) is 59.1 Å². The number of carbonyl (C=O) groups excluding carboxylic acids is 1. The van der Waals surface area contributed by atoms with Crippen molar-refractivity contribution < 1.29 is 4.79 Å². The Labute approximate surface area is 129 Å². The zero-order valence-corrected chi connectivity index (χ0v) is 12.6. The van der Waals surface area contributed by atoms with E-state index in [-0.39, 0.29) is 5.91 Å². The van der Waals surface area contributed by atoms with Gasteiger partial charge in [-0.2, -0.15) is 0 Å². The fourth-order valence-electron chi connectivity index (χ4n) is 2.50. The molecule has 0 unspecified atom stereocenters. The Morgan fingerprint density at radius 2 is 1.86 bits per heavy atom. The van der Waals surface area contributed by atoms with Gasteiger partial charge in [0.25, 0.3) is 5.91 Å². The Balaban J connectivity index is 1.81. The van der Waals surface area contributed by atoms with Crippen LogP contribution < -0.4 is 5.73 Å². The lowest BCUT2D eigenvalue weighted by Gasteiger charge is -2.32. The van der Waals surface area contributed by atoms with E-state index in [1.807, 2.05) is 35.2 Å². The maximum atomic E-state index is 12.6. The Kier molecular flexibility index (Phi) is 4.02. The average Bonchev–Trinajstić information content (AvgIpc) is 2.56. The predicted molar refractivity (Wildman–Crippen MR) is 85.3 cm³/mol. The van der Waals surface area contributed by atoms with Crippen molar-refractivity contribution in [3.05, 3.63) is 42.0 Å². The highest BCUT2D eigenvalue weighted by atomic mass is 16.2. The Hall–Kier alpha value is -2.47. The van der Waals surface area contributed by atoms with Gasteiger partial charge in [0.2, 0.25) is 0 Å². The minimum absolute atomic E-state index is 0.0679. The zero-order valence-electron chi connectivity index (χ0n) is 12.6. The molecule has 0 bridgehead atoms. The normalized spacial score (nSPS) is 15.8. The average molecular weight is 297 g/mol. The number of anilines is 1. The van der Waals surface area contributed by atoms with Gasteiger partial charge in [0.05, 0.1) is 5.69 Å². The molecule has 2 aromatic rings. The summed E-state index contributed by atoms with van der Waals surface area (Å²) in [5.41, 5.74) is 7.81. The van der Waals surface area contributed by atoms with Crippen molar-refractivity contribution >= 4 is 11.7 Å². The Bertz CT molecular complexity index is 662. The summed E-state index contributed by atoms with van der Waals surface area (Å²) in [5, 5.41) is 7.92. The molecule has 1 saturated heterocycles. The lowest BCUT2D eigenvalue weighted by molar-refractivity contribution is 0.0664. The zero-order chi connectivity index (χ0) is 15.5. The fourth-order valence-corrected chi connectivity index (χ4v) is 2.50. The number of aromatic nitrogens is 2. The molecule has 0 atom stereocenters. The molecule has 114 valence electrons. The number of nitrogens with zero attached hydrogens (tertiary/aromatic N) is 4. The number of nitrogens with two attached hydrogens (primary N) is 1. The second kappa shape index (κ2) is 6.11. The molecule has 6 nitrogen and oxygen atoms in total. The largest absolute Gasteiger partial charge is 0.382 e. The highest BCUT2D eigenvalue weighted by Crippen LogP contribution is 2.19. The van der Waals surface area contributed by atoms with Crippen LogP contribution in [0.25, 0.3) is 11.3 Å². The van der Waals surface area contributed by atoms with Gasteiger partial charge in [-0.15, -0.1) is 10.2 Å². The summed E-state index contributed by atoms with van der Waals surface area (Å²) in [6, 6.07) is 11.0. The second-order valence-corrected chi connectivity index (χ2v) is 5.52. The lowest BCUT2D eigenvalue weighted by Crippen LogP contribution is -2.47. The minimum atomic E-state index is 0.0679. The molecule has 1 aliphatic rings. The first kappa shape index (κ1) is 14.5. The van der Waals surface area contributed by atoms with Crippen molar-refractivity contribution in [2.75, 3.05) is 39.0 Å². The molecule has 3 rings (SSSR count). The summed E-state index contributed by atoms with van der Waals surface area (Å²) in [5.74, 6) is 0.451. The maximum Gasteiger partial charge on any atom is 0.253 e. The number of likely N-dealkylation sites (N-methyl/N-ethyl adjacent to an activating group) is 1. The van der Waals surface area contributed by atoms with Crippen molar-refractivity contribution in [2.24, 2.45) is 0 Å². The summed E-state index contributed by atoms with van der Waals surface area (Å²) in [6.45, 7) is 3.35. The smallest absolute Gasteiger partial charge is 0.253 e. The van der Waals surface area contributed by atoms with E-state index in [0.29, 0.717) is 17.1 Å². The number of hydrogen-bond acceptors (Lipinski definition) is 5. The molecule has 1 aromatic heterocycles. The molecule has 6 heteroatoms. The lowest BCUT2D eigenvalue weighted by atomic mass is 10.1. The monoisotopic (exact) mass is 297 g/mol. The predicted octanol–water partition coefficient (Wildman–Crippen LogP) is 1.11. The van der Waals surface area contributed by atoms with Crippen molar-refractivity contribution in [1.82, 2.24) is 20.0 Å². The summed E-state index contributed by atoms with van der Waals surface area (Å²) < 4.78 is 0.